The highest BCUT2D eigenvalue weighted by Gasteiger charge is 2.19. The van der Waals surface area contributed by atoms with Gasteiger partial charge in [0, 0.05) is 5.92 Å². The number of rotatable bonds is 10. The predicted molar refractivity (Wildman–Crippen MR) is 137 cm³/mol. The number of aromatic amines is 1. The van der Waals surface area contributed by atoms with Crippen LogP contribution in [0.2, 0.25) is 0 Å². The van der Waals surface area contributed by atoms with Gasteiger partial charge in [-0.1, -0.05) is 19.1 Å². The van der Waals surface area contributed by atoms with Crippen molar-refractivity contribution in [2.45, 2.75) is 57.8 Å². The Bertz CT molecular complexity index is 1480. The van der Waals surface area contributed by atoms with E-state index in [0.29, 0.717) is 41.5 Å². The Morgan fingerprint density at radius 1 is 1.08 bits per heavy atom. The van der Waals surface area contributed by atoms with Crippen molar-refractivity contribution in [2.24, 2.45) is 0 Å². The molecule has 1 aliphatic carbocycles. The number of H-pyrrole nitrogens is 1. The maximum Gasteiger partial charge on any atom is 0.173 e. The summed E-state index contributed by atoms with van der Waals surface area (Å²) in [7, 11) is 1.64. The van der Waals surface area contributed by atoms with Gasteiger partial charge in [-0.05, 0) is 61.1 Å². The lowest BCUT2D eigenvalue weighted by Gasteiger charge is -2.17. The molecule has 0 amide bonds. The van der Waals surface area contributed by atoms with E-state index >= 15 is 0 Å². The Labute approximate surface area is 219 Å². The number of halogens is 2. The lowest BCUT2D eigenvalue weighted by molar-refractivity contribution is 0.108. The first-order chi connectivity index (χ1) is 18.4. The molecule has 10 heteroatoms. The van der Waals surface area contributed by atoms with E-state index in [1.54, 1.807) is 13.4 Å². The molecule has 1 aliphatic rings. The quantitative estimate of drug-likeness (QED) is 0.297. The number of fused-ring (bicyclic) bond motifs is 1. The highest BCUT2D eigenvalue weighted by Crippen LogP contribution is 2.33. The third-order valence-corrected chi connectivity index (χ3v) is 6.80. The van der Waals surface area contributed by atoms with Crippen molar-refractivity contribution in [1.82, 2.24) is 19.5 Å². The van der Waals surface area contributed by atoms with Crippen LogP contribution in [0.25, 0.3) is 11.2 Å². The molecule has 2 N–H and O–H groups in total. The molecule has 8 nitrogen and oxygen atoms in total. The average Bonchev–Trinajstić information content (AvgIpc) is 3.59. The number of benzene rings is 2. The van der Waals surface area contributed by atoms with Crippen LogP contribution in [0.4, 0.5) is 8.78 Å². The van der Waals surface area contributed by atoms with Crippen LogP contribution in [-0.4, -0.2) is 39.3 Å². The van der Waals surface area contributed by atoms with E-state index in [1.807, 2.05) is 29.7 Å². The molecule has 4 aromatic rings. The molecule has 0 radical (unpaired) electrons. The molecule has 38 heavy (non-hydrogen) atoms. The molecule has 0 aliphatic heterocycles. The van der Waals surface area contributed by atoms with Gasteiger partial charge in [-0.15, -0.1) is 0 Å². The van der Waals surface area contributed by atoms with E-state index in [4.69, 9.17) is 24.6 Å². The van der Waals surface area contributed by atoms with E-state index < -0.39 is 11.6 Å². The van der Waals surface area contributed by atoms with E-state index in [0.717, 1.165) is 36.3 Å². The molecule has 5 rings (SSSR count). The van der Waals surface area contributed by atoms with Crippen molar-refractivity contribution in [3.63, 3.8) is 0 Å². The zero-order valence-electron chi connectivity index (χ0n) is 21.5. The summed E-state index contributed by atoms with van der Waals surface area (Å²) >= 11 is 0. The fraction of sp³-hybridized carbons (Fsp3) is 0.393. The van der Waals surface area contributed by atoms with Crippen LogP contribution in [0, 0.1) is 17.0 Å². The third kappa shape index (κ3) is 5.70. The van der Waals surface area contributed by atoms with Gasteiger partial charge in [-0.2, -0.15) is 0 Å². The number of aromatic nitrogens is 4. The molecule has 2 aromatic carbocycles. The molecule has 0 saturated heterocycles. The minimum absolute atomic E-state index is 0.102. The summed E-state index contributed by atoms with van der Waals surface area (Å²) in [6.45, 7) is 2.89. The van der Waals surface area contributed by atoms with Crippen molar-refractivity contribution < 1.29 is 23.0 Å². The van der Waals surface area contributed by atoms with Gasteiger partial charge < -0.3 is 23.8 Å². The van der Waals surface area contributed by atoms with E-state index in [9.17, 15) is 8.78 Å². The number of nitrogens with one attached hydrogen (secondary N) is 2. The second kappa shape index (κ2) is 11.3. The second-order valence-electron chi connectivity index (χ2n) is 9.72. The predicted octanol–water partition coefficient (Wildman–Crippen LogP) is 5.22. The Kier molecular flexibility index (Phi) is 7.69. The summed E-state index contributed by atoms with van der Waals surface area (Å²) in [5.41, 5.74) is 2.79. The first-order valence-electron chi connectivity index (χ1n) is 12.8. The van der Waals surface area contributed by atoms with Crippen LogP contribution >= 0.6 is 0 Å². The highest BCUT2D eigenvalue weighted by molar-refractivity contribution is 5.69. The standard InChI is InChI=1S/C28H31F2N5O3/c1-17(14-37-15-19-7-9-21(29)22(30)11-19)27-33-25-26(31)32-16-35(28(25)34-27)13-18-8-10-23(36-2)24(12-18)38-20-5-3-4-6-20/h7-12,16-17,20,31H,3-6,13-15H2,1-2H3,(H,33,34). The van der Waals surface area contributed by atoms with Gasteiger partial charge in [0.2, 0.25) is 0 Å². The lowest BCUT2D eigenvalue weighted by atomic mass is 10.2. The topological polar surface area (TPSA) is 98.0 Å². The number of hydrogen-bond donors (Lipinski definition) is 2. The number of methoxy groups -OCH3 is 1. The molecular weight excluding hydrogens is 492 g/mol. The van der Waals surface area contributed by atoms with Crippen LogP contribution in [0.3, 0.4) is 0 Å². The zero-order chi connectivity index (χ0) is 26.6. The summed E-state index contributed by atoms with van der Waals surface area (Å²) in [4.78, 5) is 12.2. The van der Waals surface area contributed by atoms with Crippen LogP contribution in [0.1, 0.15) is 55.5 Å². The molecule has 1 saturated carbocycles. The normalized spacial score (nSPS) is 14.7. The van der Waals surface area contributed by atoms with Gasteiger partial charge in [0.05, 0.1) is 39.3 Å². The van der Waals surface area contributed by atoms with Crippen molar-refractivity contribution in [3.05, 3.63) is 76.8 Å². The number of imidazole rings is 1. The van der Waals surface area contributed by atoms with Gasteiger partial charge in [0.1, 0.15) is 11.3 Å². The number of ether oxygens (including phenoxy) is 3. The summed E-state index contributed by atoms with van der Waals surface area (Å²) in [5, 5.41) is 8.27. The molecule has 0 bridgehead atoms. The Morgan fingerprint density at radius 2 is 1.87 bits per heavy atom. The van der Waals surface area contributed by atoms with Gasteiger partial charge >= 0.3 is 0 Å². The van der Waals surface area contributed by atoms with Crippen molar-refractivity contribution in [2.75, 3.05) is 13.7 Å². The highest BCUT2D eigenvalue weighted by atomic mass is 19.2. The van der Waals surface area contributed by atoms with Crippen LogP contribution in [0.5, 0.6) is 11.5 Å². The number of hydrogen-bond acceptors (Lipinski definition) is 6. The van der Waals surface area contributed by atoms with Crippen molar-refractivity contribution >= 4 is 11.2 Å². The molecule has 2 heterocycles. The molecule has 2 aromatic heterocycles. The summed E-state index contributed by atoms with van der Waals surface area (Å²) in [5.74, 6) is 0.173. The molecule has 1 atom stereocenters. The Hall–Kier alpha value is -3.79. The van der Waals surface area contributed by atoms with E-state index in [2.05, 4.69) is 9.97 Å². The molecule has 0 spiro atoms. The fourth-order valence-electron chi connectivity index (χ4n) is 4.71. The van der Waals surface area contributed by atoms with Gasteiger partial charge in [0.15, 0.2) is 34.3 Å². The first kappa shape index (κ1) is 25.8. The minimum Gasteiger partial charge on any atom is -0.493 e. The molecule has 1 unspecified atom stereocenters. The number of nitrogens with zero attached hydrogens (tertiary/aromatic N) is 3. The summed E-state index contributed by atoms with van der Waals surface area (Å²) in [6.07, 6.45) is 6.29. The smallest absolute Gasteiger partial charge is 0.173 e. The van der Waals surface area contributed by atoms with Crippen molar-refractivity contribution in [1.29, 1.82) is 5.41 Å². The maximum absolute atomic E-state index is 13.4. The second-order valence-corrected chi connectivity index (χ2v) is 9.72. The van der Waals surface area contributed by atoms with Crippen LogP contribution in [0.15, 0.2) is 42.7 Å². The summed E-state index contributed by atoms with van der Waals surface area (Å²) in [6, 6.07) is 9.60. The van der Waals surface area contributed by atoms with Gasteiger partial charge in [0.25, 0.3) is 0 Å². The van der Waals surface area contributed by atoms with Gasteiger partial charge in [-0.3, -0.25) is 5.41 Å². The SMILES string of the molecule is COc1ccc(Cn2cnc(=N)c3[nH]c(C(C)COCc4ccc(F)c(F)c4)nc32)cc1OC1CCCC1. The summed E-state index contributed by atoms with van der Waals surface area (Å²) < 4.78 is 46.0. The third-order valence-electron chi connectivity index (χ3n) is 6.80. The zero-order valence-corrected chi connectivity index (χ0v) is 21.5. The lowest BCUT2D eigenvalue weighted by Crippen LogP contribution is -2.14. The first-order valence-corrected chi connectivity index (χ1v) is 12.8. The maximum atomic E-state index is 13.4. The van der Waals surface area contributed by atoms with E-state index in [-0.39, 0.29) is 24.1 Å². The van der Waals surface area contributed by atoms with Crippen LogP contribution in [-0.2, 0) is 17.9 Å². The molecular formula is C28H31F2N5O3. The monoisotopic (exact) mass is 523 g/mol. The average molecular weight is 524 g/mol. The minimum atomic E-state index is -0.898. The molecule has 1 fully saturated rings. The van der Waals surface area contributed by atoms with Crippen molar-refractivity contribution in [3.8, 4) is 11.5 Å². The van der Waals surface area contributed by atoms with Gasteiger partial charge in [-0.25, -0.2) is 18.7 Å². The largest absolute Gasteiger partial charge is 0.493 e. The van der Waals surface area contributed by atoms with E-state index in [1.165, 1.54) is 18.9 Å². The Morgan fingerprint density at radius 3 is 2.63 bits per heavy atom. The fourth-order valence-corrected chi connectivity index (χ4v) is 4.71. The Balaban J connectivity index is 1.32. The molecule has 200 valence electrons. The van der Waals surface area contributed by atoms with Crippen LogP contribution < -0.4 is 15.0 Å².